The Labute approximate surface area is 198 Å². The first-order chi connectivity index (χ1) is 15.5. The van der Waals surface area contributed by atoms with Crippen LogP contribution in [0.2, 0.25) is 0 Å². The summed E-state index contributed by atoms with van der Waals surface area (Å²) in [5.74, 6) is 1.65. The van der Waals surface area contributed by atoms with Gasteiger partial charge in [0.1, 0.15) is 18.3 Å². The minimum absolute atomic E-state index is 0.00566. The molecule has 0 spiro atoms. The van der Waals surface area contributed by atoms with Crippen LogP contribution in [0, 0.1) is 40.4 Å². The van der Waals surface area contributed by atoms with Crippen LogP contribution >= 0.6 is 0 Å². The number of carbonyl (C=O) groups is 3. The van der Waals surface area contributed by atoms with Gasteiger partial charge in [0.25, 0.3) is 0 Å². The Morgan fingerprint density at radius 3 is 2.09 bits per heavy atom. The molecular formula is C27H42O6. The monoisotopic (exact) mass is 462 g/mol. The van der Waals surface area contributed by atoms with Gasteiger partial charge in [0, 0.05) is 26.7 Å². The molecule has 0 saturated heterocycles. The van der Waals surface area contributed by atoms with Crippen LogP contribution in [0.15, 0.2) is 0 Å². The second-order valence-electron chi connectivity index (χ2n) is 11.9. The maximum atomic E-state index is 12.0. The van der Waals surface area contributed by atoms with E-state index < -0.39 is 0 Å². The number of carbonyl (C=O) groups excluding carboxylic acids is 3. The number of ether oxygens (including phenoxy) is 3. The van der Waals surface area contributed by atoms with Crippen LogP contribution in [0.1, 0.15) is 92.9 Å². The highest BCUT2D eigenvalue weighted by Gasteiger charge is 2.64. The van der Waals surface area contributed by atoms with Gasteiger partial charge in [0.15, 0.2) is 0 Å². The second kappa shape index (κ2) is 8.88. The third kappa shape index (κ3) is 4.32. The molecule has 186 valence electrons. The number of fused-ring (bicyclic) bond motifs is 5. The van der Waals surface area contributed by atoms with Gasteiger partial charge >= 0.3 is 17.9 Å². The number of rotatable bonds is 4. The molecule has 0 unspecified atom stereocenters. The van der Waals surface area contributed by atoms with E-state index in [1.54, 1.807) is 0 Å². The maximum Gasteiger partial charge on any atom is 0.302 e. The van der Waals surface area contributed by atoms with E-state index in [9.17, 15) is 14.4 Å². The van der Waals surface area contributed by atoms with Gasteiger partial charge in [-0.2, -0.15) is 0 Å². The first-order valence-electron chi connectivity index (χ1n) is 13.0. The minimum Gasteiger partial charge on any atom is -0.463 e. The second-order valence-corrected chi connectivity index (χ2v) is 11.9. The summed E-state index contributed by atoms with van der Waals surface area (Å²) in [7, 11) is 0. The average Bonchev–Trinajstić information content (AvgIpc) is 2.98. The zero-order valence-corrected chi connectivity index (χ0v) is 21.2. The molecule has 0 aliphatic heterocycles. The molecule has 4 saturated carbocycles. The van der Waals surface area contributed by atoms with Crippen molar-refractivity contribution in [1.29, 1.82) is 0 Å². The molecule has 0 aromatic carbocycles. The lowest BCUT2D eigenvalue weighted by Gasteiger charge is -2.61. The van der Waals surface area contributed by atoms with Gasteiger partial charge in [-0.3, -0.25) is 14.4 Å². The van der Waals surface area contributed by atoms with Crippen LogP contribution in [-0.2, 0) is 28.6 Å². The molecule has 4 rings (SSSR count). The predicted octanol–water partition coefficient (Wildman–Crippen LogP) is 5.07. The number of esters is 3. The van der Waals surface area contributed by atoms with Crippen LogP contribution in [0.3, 0.4) is 0 Å². The Bertz CT molecular complexity index is 793. The highest BCUT2D eigenvalue weighted by molar-refractivity contribution is 5.67. The molecule has 0 aromatic heterocycles. The summed E-state index contributed by atoms with van der Waals surface area (Å²) >= 11 is 0. The Kier molecular flexibility index (Phi) is 6.60. The molecule has 6 heteroatoms. The van der Waals surface area contributed by atoms with Crippen molar-refractivity contribution in [2.75, 3.05) is 0 Å². The number of hydrogen-bond acceptors (Lipinski definition) is 6. The van der Waals surface area contributed by atoms with Crippen LogP contribution in [0.25, 0.3) is 0 Å². The van der Waals surface area contributed by atoms with Gasteiger partial charge in [0.2, 0.25) is 0 Å². The fourth-order valence-corrected chi connectivity index (χ4v) is 9.10. The topological polar surface area (TPSA) is 78.9 Å². The van der Waals surface area contributed by atoms with Crippen molar-refractivity contribution in [1.82, 2.24) is 0 Å². The molecule has 0 aromatic rings. The first-order valence-corrected chi connectivity index (χ1v) is 13.0. The van der Waals surface area contributed by atoms with Crippen LogP contribution < -0.4 is 0 Å². The molecule has 0 amide bonds. The van der Waals surface area contributed by atoms with Crippen LogP contribution in [0.4, 0.5) is 0 Å². The standard InChI is InChI=1S/C27H42O6/c1-15(31-16(2)28)25-24(33-18(4)30)14-23-21-8-7-19-13-20(32-17(3)29)9-11-26(19,5)22(21)10-12-27(23,25)6/h15,19-25H,7-14H2,1-6H3/t15-,19+,20+,21-,22+,23+,24+,25+,26+,27+/m1/s1. The normalized spacial score (nSPS) is 45.1. The largest absolute Gasteiger partial charge is 0.463 e. The molecule has 33 heavy (non-hydrogen) atoms. The SMILES string of the molecule is CC(=O)O[C@H]1CC[C@@]2(C)[C@@H](CC[C@@H]3[C@@H]2CC[C@]2(C)[C@@H]([C@@H](C)OC(C)=O)[C@@H](OC(C)=O)C[C@@H]32)C1. The lowest BCUT2D eigenvalue weighted by molar-refractivity contribution is -0.168. The molecule has 4 aliphatic carbocycles. The van der Waals surface area contributed by atoms with Crippen molar-refractivity contribution in [3.05, 3.63) is 0 Å². The van der Waals surface area contributed by atoms with E-state index >= 15 is 0 Å². The van der Waals surface area contributed by atoms with E-state index in [1.165, 1.54) is 40.0 Å². The van der Waals surface area contributed by atoms with Crippen molar-refractivity contribution >= 4 is 17.9 Å². The fourth-order valence-electron chi connectivity index (χ4n) is 9.10. The van der Waals surface area contributed by atoms with Crippen molar-refractivity contribution in [3.63, 3.8) is 0 Å². The highest BCUT2D eigenvalue weighted by atomic mass is 16.6. The van der Waals surface area contributed by atoms with Crippen LogP contribution in [-0.4, -0.2) is 36.2 Å². The summed E-state index contributed by atoms with van der Waals surface area (Å²) < 4.78 is 17.1. The zero-order valence-electron chi connectivity index (χ0n) is 21.2. The summed E-state index contributed by atoms with van der Waals surface area (Å²) in [6, 6.07) is 0. The average molecular weight is 463 g/mol. The molecular weight excluding hydrogens is 420 g/mol. The fraction of sp³-hybridized carbons (Fsp3) is 0.889. The summed E-state index contributed by atoms with van der Waals surface area (Å²) in [4.78, 5) is 35.2. The summed E-state index contributed by atoms with van der Waals surface area (Å²) in [5, 5.41) is 0. The van der Waals surface area contributed by atoms with E-state index in [0.29, 0.717) is 23.7 Å². The third-order valence-corrected chi connectivity index (χ3v) is 10.2. The Hall–Kier alpha value is -1.59. The number of hydrogen-bond donors (Lipinski definition) is 0. The Morgan fingerprint density at radius 1 is 0.788 bits per heavy atom. The third-order valence-electron chi connectivity index (χ3n) is 10.2. The van der Waals surface area contributed by atoms with Crippen molar-refractivity contribution in [2.45, 2.75) is 111 Å². The van der Waals surface area contributed by atoms with Crippen molar-refractivity contribution in [2.24, 2.45) is 40.4 Å². The van der Waals surface area contributed by atoms with Gasteiger partial charge in [-0.15, -0.1) is 0 Å². The van der Waals surface area contributed by atoms with Gasteiger partial charge < -0.3 is 14.2 Å². The minimum atomic E-state index is -0.276. The predicted molar refractivity (Wildman–Crippen MR) is 123 cm³/mol. The molecule has 0 bridgehead atoms. The summed E-state index contributed by atoms with van der Waals surface area (Å²) in [6.07, 6.45) is 8.11. The Balaban J connectivity index is 1.58. The lowest BCUT2D eigenvalue weighted by Crippen LogP contribution is -2.55. The molecule has 6 nitrogen and oxygen atoms in total. The van der Waals surface area contributed by atoms with E-state index in [2.05, 4.69) is 13.8 Å². The van der Waals surface area contributed by atoms with Crippen molar-refractivity contribution in [3.8, 4) is 0 Å². The lowest BCUT2D eigenvalue weighted by atomic mass is 9.44. The molecule has 4 aliphatic rings. The molecule has 0 heterocycles. The zero-order chi connectivity index (χ0) is 24.1. The Morgan fingerprint density at radius 2 is 1.45 bits per heavy atom. The summed E-state index contributed by atoms with van der Waals surface area (Å²) in [6.45, 7) is 11.3. The quantitative estimate of drug-likeness (QED) is 0.429. The molecule has 4 fully saturated rings. The van der Waals surface area contributed by atoms with Gasteiger partial charge in [0.05, 0.1) is 0 Å². The molecule has 0 radical (unpaired) electrons. The van der Waals surface area contributed by atoms with E-state index in [-0.39, 0.29) is 53.0 Å². The molecule has 0 N–H and O–H groups in total. The highest BCUT2D eigenvalue weighted by Crippen LogP contribution is 2.68. The first kappa shape index (κ1) is 24.5. The summed E-state index contributed by atoms with van der Waals surface area (Å²) in [5.41, 5.74) is 0.270. The van der Waals surface area contributed by atoms with Crippen LogP contribution in [0.5, 0.6) is 0 Å². The smallest absolute Gasteiger partial charge is 0.302 e. The van der Waals surface area contributed by atoms with E-state index in [1.807, 2.05) is 6.92 Å². The molecule has 10 atom stereocenters. The maximum absolute atomic E-state index is 12.0. The van der Waals surface area contributed by atoms with E-state index in [4.69, 9.17) is 14.2 Å². The van der Waals surface area contributed by atoms with Gasteiger partial charge in [-0.05, 0) is 92.8 Å². The van der Waals surface area contributed by atoms with Gasteiger partial charge in [-0.25, -0.2) is 0 Å². The van der Waals surface area contributed by atoms with Gasteiger partial charge in [-0.1, -0.05) is 13.8 Å². The van der Waals surface area contributed by atoms with E-state index in [0.717, 1.165) is 32.1 Å². The van der Waals surface area contributed by atoms with Crippen molar-refractivity contribution < 1.29 is 28.6 Å².